The van der Waals surface area contributed by atoms with Crippen molar-refractivity contribution in [3.8, 4) is 0 Å². The third kappa shape index (κ3) is 3.61. The molecular weight excluding hydrogens is 248 g/mol. The van der Waals surface area contributed by atoms with E-state index < -0.39 is 0 Å². The highest BCUT2D eigenvalue weighted by molar-refractivity contribution is 5.10. The van der Waals surface area contributed by atoms with Gasteiger partial charge in [0.2, 0.25) is 0 Å². The molecule has 1 N–H and O–H groups in total. The molecule has 0 bridgehead atoms. The van der Waals surface area contributed by atoms with Crippen LogP contribution in [0.15, 0.2) is 6.07 Å². The molecule has 1 aliphatic rings. The Bertz CT molecular complexity index is 413. The van der Waals surface area contributed by atoms with Gasteiger partial charge < -0.3 is 5.32 Å². The van der Waals surface area contributed by atoms with Crippen LogP contribution < -0.4 is 5.32 Å². The van der Waals surface area contributed by atoms with E-state index in [1.807, 2.05) is 0 Å². The van der Waals surface area contributed by atoms with Crippen LogP contribution in [-0.4, -0.2) is 39.9 Å². The standard InChI is InChI=1S/C16H30N4/c1-5-8-14-11-20(15(7-3)10-17-14)12-16-9-13(6-2)18-19(16)4/h9,14-15,17H,5-8,10-12H2,1-4H3. The second kappa shape index (κ2) is 7.23. The first kappa shape index (κ1) is 15.5. The van der Waals surface area contributed by atoms with Crippen LogP contribution in [-0.2, 0) is 20.0 Å². The van der Waals surface area contributed by atoms with Gasteiger partial charge in [0.25, 0.3) is 0 Å². The second-order valence-electron chi connectivity index (χ2n) is 5.99. The molecule has 2 heterocycles. The Hall–Kier alpha value is -0.870. The Labute approximate surface area is 123 Å². The lowest BCUT2D eigenvalue weighted by Gasteiger charge is -2.40. The predicted molar refractivity (Wildman–Crippen MR) is 83.8 cm³/mol. The molecule has 1 fully saturated rings. The van der Waals surface area contributed by atoms with Gasteiger partial charge in [0.1, 0.15) is 0 Å². The van der Waals surface area contributed by atoms with E-state index in [0.29, 0.717) is 12.1 Å². The average molecular weight is 278 g/mol. The number of nitrogens with one attached hydrogen (secondary N) is 1. The smallest absolute Gasteiger partial charge is 0.0625 e. The summed E-state index contributed by atoms with van der Waals surface area (Å²) in [5.41, 5.74) is 2.55. The molecule has 1 aromatic heterocycles. The SMILES string of the molecule is CCCC1CN(Cc2cc(CC)nn2C)C(CC)CN1. The van der Waals surface area contributed by atoms with Crippen LogP contribution in [0.5, 0.6) is 0 Å². The van der Waals surface area contributed by atoms with Crippen molar-refractivity contribution in [2.24, 2.45) is 7.05 Å². The van der Waals surface area contributed by atoms with Crippen LogP contribution in [0, 0.1) is 0 Å². The molecule has 2 unspecified atom stereocenters. The van der Waals surface area contributed by atoms with Crippen LogP contribution in [0.4, 0.5) is 0 Å². The lowest BCUT2D eigenvalue weighted by molar-refractivity contribution is 0.113. The van der Waals surface area contributed by atoms with Crippen molar-refractivity contribution in [2.45, 2.75) is 65.1 Å². The fourth-order valence-electron chi connectivity index (χ4n) is 3.17. The van der Waals surface area contributed by atoms with E-state index in [1.54, 1.807) is 0 Å². The molecule has 4 heteroatoms. The molecule has 4 nitrogen and oxygen atoms in total. The van der Waals surface area contributed by atoms with Gasteiger partial charge >= 0.3 is 0 Å². The number of piperazine rings is 1. The van der Waals surface area contributed by atoms with Gasteiger partial charge in [-0.05, 0) is 25.3 Å². The molecule has 0 amide bonds. The number of aryl methyl sites for hydroxylation is 2. The summed E-state index contributed by atoms with van der Waals surface area (Å²) >= 11 is 0. The Kier molecular flexibility index (Phi) is 5.61. The molecule has 0 radical (unpaired) electrons. The molecule has 114 valence electrons. The number of nitrogens with zero attached hydrogens (tertiary/aromatic N) is 3. The largest absolute Gasteiger partial charge is 0.311 e. The van der Waals surface area contributed by atoms with E-state index in [9.17, 15) is 0 Å². The van der Waals surface area contributed by atoms with Crippen LogP contribution in [0.1, 0.15) is 51.4 Å². The van der Waals surface area contributed by atoms with Gasteiger partial charge in [-0.15, -0.1) is 0 Å². The van der Waals surface area contributed by atoms with Crippen molar-refractivity contribution in [1.82, 2.24) is 20.0 Å². The maximum absolute atomic E-state index is 4.58. The highest BCUT2D eigenvalue weighted by atomic mass is 15.3. The second-order valence-corrected chi connectivity index (χ2v) is 5.99. The van der Waals surface area contributed by atoms with E-state index in [4.69, 9.17) is 0 Å². The molecule has 1 saturated heterocycles. The summed E-state index contributed by atoms with van der Waals surface area (Å²) in [6, 6.07) is 3.58. The fourth-order valence-corrected chi connectivity index (χ4v) is 3.17. The van der Waals surface area contributed by atoms with Gasteiger partial charge in [0, 0.05) is 38.8 Å². The Balaban J connectivity index is 2.04. The summed E-state index contributed by atoms with van der Waals surface area (Å²) in [6.07, 6.45) is 4.77. The molecular formula is C16H30N4. The zero-order valence-corrected chi connectivity index (χ0v) is 13.5. The van der Waals surface area contributed by atoms with Crippen molar-refractivity contribution < 1.29 is 0 Å². The van der Waals surface area contributed by atoms with Crippen LogP contribution in [0.3, 0.4) is 0 Å². The summed E-state index contributed by atoms with van der Waals surface area (Å²) in [4.78, 5) is 2.65. The van der Waals surface area contributed by atoms with E-state index in [-0.39, 0.29) is 0 Å². The number of rotatable bonds is 6. The third-order valence-electron chi connectivity index (χ3n) is 4.48. The van der Waals surface area contributed by atoms with Crippen molar-refractivity contribution in [3.63, 3.8) is 0 Å². The van der Waals surface area contributed by atoms with Crippen molar-refractivity contribution in [3.05, 3.63) is 17.5 Å². The van der Waals surface area contributed by atoms with Gasteiger partial charge in [-0.1, -0.05) is 27.2 Å². The maximum Gasteiger partial charge on any atom is 0.0625 e. The number of aromatic nitrogens is 2. The van der Waals surface area contributed by atoms with Crippen LogP contribution >= 0.6 is 0 Å². The van der Waals surface area contributed by atoms with E-state index in [0.717, 1.165) is 19.5 Å². The quantitative estimate of drug-likeness (QED) is 0.867. The van der Waals surface area contributed by atoms with Crippen molar-refractivity contribution >= 4 is 0 Å². The minimum absolute atomic E-state index is 0.654. The summed E-state index contributed by atoms with van der Waals surface area (Å²) in [7, 11) is 2.07. The first-order valence-electron chi connectivity index (χ1n) is 8.17. The van der Waals surface area contributed by atoms with Gasteiger partial charge in [0.15, 0.2) is 0 Å². The van der Waals surface area contributed by atoms with Crippen LogP contribution in [0.25, 0.3) is 0 Å². The zero-order chi connectivity index (χ0) is 14.5. The van der Waals surface area contributed by atoms with E-state index >= 15 is 0 Å². The maximum atomic E-state index is 4.58. The van der Waals surface area contributed by atoms with E-state index in [2.05, 4.69) is 53.9 Å². The lowest BCUT2D eigenvalue weighted by Crippen LogP contribution is -2.55. The molecule has 0 spiro atoms. The van der Waals surface area contributed by atoms with Crippen LogP contribution in [0.2, 0.25) is 0 Å². The van der Waals surface area contributed by atoms with E-state index in [1.165, 1.54) is 37.2 Å². The number of hydrogen-bond acceptors (Lipinski definition) is 3. The van der Waals surface area contributed by atoms with Crippen molar-refractivity contribution in [1.29, 1.82) is 0 Å². The topological polar surface area (TPSA) is 33.1 Å². The minimum atomic E-state index is 0.654. The lowest BCUT2D eigenvalue weighted by atomic mass is 10.0. The Morgan fingerprint density at radius 3 is 2.75 bits per heavy atom. The molecule has 0 saturated carbocycles. The Morgan fingerprint density at radius 1 is 1.35 bits per heavy atom. The average Bonchev–Trinajstić information content (AvgIpc) is 2.80. The third-order valence-corrected chi connectivity index (χ3v) is 4.48. The van der Waals surface area contributed by atoms with Gasteiger partial charge in [-0.3, -0.25) is 9.58 Å². The summed E-state index contributed by atoms with van der Waals surface area (Å²) in [5.74, 6) is 0. The molecule has 0 aromatic carbocycles. The first-order chi connectivity index (χ1) is 9.67. The summed E-state index contributed by atoms with van der Waals surface area (Å²) in [6.45, 7) is 10.1. The zero-order valence-electron chi connectivity index (χ0n) is 13.5. The Morgan fingerprint density at radius 2 is 2.15 bits per heavy atom. The molecule has 20 heavy (non-hydrogen) atoms. The van der Waals surface area contributed by atoms with Gasteiger partial charge in [0.05, 0.1) is 11.4 Å². The fraction of sp³-hybridized carbons (Fsp3) is 0.812. The predicted octanol–water partition coefficient (Wildman–Crippen LogP) is 2.33. The van der Waals surface area contributed by atoms with Crippen molar-refractivity contribution in [2.75, 3.05) is 13.1 Å². The van der Waals surface area contributed by atoms with Gasteiger partial charge in [-0.25, -0.2) is 0 Å². The molecule has 2 rings (SSSR count). The minimum Gasteiger partial charge on any atom is -0.311 e. The number of hydrogen-bond donors (Lipinski definition) is 1. The molecule has 1 aromatic rings. The highest BCUT2D eigenvalue weighted by Gasteiger charge is 2.26. The first-order valence-corrected chi connectivity index (χ1v) is 8.17. The highest BCUT2D eigenvalue weighted by Crippen LogP contribution is 2.17. The normalized spacial score (nSPS) is 24.2. The molecule has 1 aliphatic heterocycles. The summed E-state index contributed by atoms with van der Waals surface area (Å²) in [5, 5.41) is 8.28. The molecule has 2 atom stereocenters. The van der Waals surface area contributed by atoms with Gasteiger partial charge in [-0.2, -0.15) is 5.10 Å². The molecule has 0 aliphatic carbocycles. The summed E-state index contributed by atoms with van der Waals surface area (Å²) < 4.78 is 2.06. The monoisotopic (exact) mass is 278 g/mol.